The molecule has 0 aromatic heterocycles. The molecule has 0 fully saturated rings. The van der Waals surface area contributed by atoms with Gasteiger partial charge in [0.1, 0.15) is 0 Å². The Morgan fingerprint density at radius 2 is 2.00 bits per heavy atom. The van der Waals surface area contributed by atoms with Crippen LogP contribution in [0.2, 0.25) is 0 Å². The highest BCUT2D eigenvalue weighted by Crippen LogP contribution is 2.13. The summed E-state index contributed by atoms with van der Waals surface area (Å²) in [5.74, 6) is -1.11. The normalized spacial score (nSPS) is 15.3. The van der Waals surface area contributed by atoms with Gasteiger partial charge in [-0.25, -0.2) is 9.86 Å². The molecule has 0 saturated carbocycles. The molecule has 1 amide bonds. The van der Waals surface area contributed by atoms with Gasteiger partial charge in [0, 0.05) is 6.04 Å². The predicted octanol–water partition coefficient (Wildman–Crippen LogP) is 0.236. The standard InChI is InChI=1S/C10H20N2O4/c1-7(11-5)8(9(14)15)12(6-13)16-10(2,3)4/h6-8,11H,1-5H3,(H,14,15)/t7?,8-/m0/s1. The van der Waals surface area contributed by atoms with Crippen LogP contribution in [0.1, 0.15) is 27.7 Å². The van der Waals surface area contributed by atoms with Gasteiger partial charge in [-0.05, 0) is 34.7 Å². The summed E-state index contributed by atoms with van der Waals surface area (Å²) in [5, 5.41) is 12.7. The second kappa shape index (κ2) is 5.81. The van der Waals surface area contributed by atoms with Gasteiger partial charge in [-0.1, -0.05) is 0 Å². The molecule has 6 nitrogen and oxygen atoms in total. The van der Waals surface area contributed by atoms with E-state index >= 15 is 0 Å². The molecule has 0 aliphatic heterocycles. The van der Waals surface area contributed by atoms with Crippen molar-refractivity contribution in [1.29, 1.82) is 0 Å². The molecule has 2 N–H and O–H groups in total. The van der Waals surface area contributed by atoms with E-state index in [1.54, 1.807) is 34.7 Å². The summed E-state index contributed by atoms with van der Waals surface area (Å²) in [4.78, 5) is 27.2. The number of nitrogens with one attached hydrogen (secondary N) is 1. The zero-order valence-electron chi connectivity index (χ0n) is 10.4. The van der Waals surface area contributed by atoms with Crippen molar-refractivity contribution < 1.29 is 19.5 Å². The predicted molar refractivity (Wildman–Crippen MR) is 58.7 cm³/mol. The van der Waals surface area contributed by atoms with Gasteiger partial charge in [-0.15, -0.1) is 0 Å². The lowest BCUT2D eigenvalue weighted by Gasteiger charge is -2.33. The lowest BCUT2D eigenvalue weighted by molar-refractivity contribution is -0.237. The van der Waals surface area contributed by atoms with Crippen molar-refractivity contribution in [2.45, 2.75) is 45.4 Å². The minimum atomic E-state index is -1.11. The number of aliphatic carboxylic acids is 1. The molecule has 0 heterocycles. The molecule has 94 valence electrons. The number of hydroxylamine groups is 2. The third kappa shape index (κ3) is 4.59. The van der Waals surface area contributed by atoms with Gasteiger partial charge in [-0.3, -0.25) is 9.63 Å². The van der Waals surface area contributed by atoms with Crippen LogP contribution in [0, 0.1) is 0 Å². The van der Waals surface area contributed by atoms with E-state index in [0.29, 0.717) is 6.41 Å². The highest BCUT2D eigenvalue weighted by Gasteiger charge is 2.33. The number of likely N-dealkylation sites (N-methyl/N-ethyl adjacent to an activating group) is 1. The Hall–Kier alpha value is -1.14. The van der Waals surface area contributed by atoms with E-state index in [2.05, 4.69) is 5.32 Å². The Balaban J connectivity index is 4.86. The van der Waals surface area contributed by atoms with Crippen molar-refractivity contribution in [2.24, 2.45) is 0 Å². The monoisotopic (exact) mass is 232 g/mol. The number of rotatable bonds is 6. The molecule has 1 unspecified atom stereocenters. The molecule has 0 radical (unpaired) electrons. The molecular formula is C10H20N2O4. The van der Waals surface area contributed by atoms with Gasteiger partial charge in [0.25, 0.3) is 0 Å². The average molecular weight is 232 g/mol. The molecule has 0 bridgehead atoms. The van der Waals surface area contributed by atoms with Gasteiger partial charge in [0.05, 0.1) is 5.60 Å². The molecule has 0 aliphatic carbocycles. The molecule has 0 aromatic rings. The Morgan fingerprint density at radius 3 is 2.25 bits per heavy atom. The number of hydrogen-bond donors (Lipinski definition) is 2. The summed E-state index contributed by atoms with van der Waals surface area (Å²) in [6, 6.07) is -1.47. The van der Waals surface area contributed by atoms with Crippen molar-refractivity contribution in [3.63, 3.8) is 0 Å². The van der Waals surface area contributed by atoms with E-state index in [-0.39, 0.29) is 0 Å². The van der Waals surface area contributed by atoms with E-state index in [1.165, 1.54) is 0 Å². The average Bonchev–Trinajstić information content (AvgIpc) is 2.13. The van der Waals surface area contributed by atoms with E-state index in [4.69, 9.17) is 9.94 Å². The molecule has 2 atom stereocenters. The second-order valence-electron chi connectivity index (χ2n) is 4.53. The highest BCUT2D eigenvalue weighted by molar-refractivity contribution is 5.76. The van der Waals surface area contributed by atoms with Crippen LogP contribution in [0.15, 0.2) is 0 Å². The van der Waals surface area contributed by atoms with Gasteiger partial charge in [0.2, 0.25) is 6.41 Å². The first-order chi connectivity index (χ1) is 7.22. The molecule has 0 spiro atoms. The van der Waals surface area contributed by atoms with Crippen LogP contribution in [0.4, 0.5) is 0 Å². The number of carboxylic acids is 1. The van der Waals surface area contributed by atoms with Crippen LogP contribution in [0.5, 0.6) is 0 Å². The van der Waals surface area contributed by atoms with Crippen LogP contribution < -0.4 is 5.32 Å². The summed E-state index contributed by atoms with van der Waals surface area (Å²) in [7, 11) is 1.63. The summed E-state index contributed by atoms with van der Waals surface area (Å²) in [6.45, 7) is 6.90. The third-order valence-electron chi connectivity index (χ3n) is 1.94. The maximum Gasteiger partial charge on any atom is 0.330 e. The van der Waals surface area contributed by atoms with E-state index < -0.39 is 23.7 Å². The van der Waals surface area contributed by atoms with Gasteiger partial charge >= 0.3 is 5.97 Å². The molecule has 0 rings (SSSR count). The first-order valence-electron chi connectivity index (χ1n) is 5.05. The van der Waals surface area contributed by atoms with Crippen LogP contribution in [0.3, 0.4) is 0 Å². The highest BCUT2D eigenvalue weighted by atomic mass is 16.7. The van der Waals surface area contributed by atoms with Crippen molar-refractivity contribution in [3.8, 4) is 0 Å². The zero-order chi connectivity index (χ0) is 12.9. The maximum absolute atomic E-state index is 11.1. The Labute approximate surface area is 95.5 Å². The number of carboxylic acid groups (broad SMARTS) is 1. The summed E-state index contributed by atoms with van der Waals surface area (Å²) in [5.41, 5.74) is -0.623. The van der Waals surface area contributed by atoms with Crippen LogP contribution in [-0.4, -0.2) is 47.3 Å². The first kappa shape index (κ1) is 14.9. The van der Waals surface area contributed by atoms with Crippen molar-refractivity contribution in [2.75, 3.05) is 7.05 Å². The van der Waals surface area contributed by atoms with Crippen molar-refractivity contribution in [1.82, 2.24) is 10.4 Å². The van der Waals surface area contributed by atoms with Crippen molar-refractivity contribution >= 4 is 12.4 Å². The largest absolute Gasteiger partial charge is 0.480 e. The fourth-order valence-corrected chi connectivity index (χ4v) is 1.16. The number of carbonyl (C=O) groups excluding carboxylic acids is 1. The third-order valence-corrected chi connectivity index (χ3v) is 1.94. The Bertz CT molecular complexity index is 250. The topological polar surface area (TPSA) is 78.9 Å². The number of hydrogen-bond acceptors (Lipinski definition) is 4. The number of carbonyl (C=O) groups is 2. The van der Waals surface area contributed by atoms with Crippen LogP contribution in [0.25, 0.3) is 0 Å². The smallest absolute Gasteiger partial charge is 0.330 e. The summed E-state index contributed by atoms with van der Waals surface area (Å²) < 4.78 is 0. The molecule has 0 aromatic carbocycles. The Morgan fingerprint density at radius 1 is 1.50 bits per heavy atom. The Kier molecular flexibility index (Phi) is 5.40. The quantitative estimate of drug-likeness (QED) is 0.506. The SMILES string of the molecule is CNC(C)[C@@H](C(=O)O)N(C=O)OC(C)(C)C. The number of amides is 1. The zero-order valence-corrected chi connectivity index (χ0v) is 10.4. The number of nitrogens with zero attached hydrogens (tertiary/aromatic N) is 1. The lowest BCUT2D eigenvalue weighted by atomic mass is 10.1. The fourth-order valence-electron chi connectivity index (χ4n) is 1.16. The van der Waals surface area contributed by atoms with Crippen LogP contribution >= 0.6 is 0 Å². The fraction of sp³-hybridized carbons (Fsp3) is 0.800. The first-order valence-corrected chi connectivity index (χ1v) is 5.05. The van der Waals surface area contributed by atoms with Gasteiger partial charge in [0.15, 0.2) is 6.04 Å². The summed E-state index contributed by atoms with van der Waals surface area (Å²) >= 11 is 0. The lowest BCUT2D eigenvalue weighted by Crippen LogP contribution is -2.53. The minimum absolute atomic E-state index is 0.387. The second-order valence-corrected chi connectivity index (χ2v) is 4.53. The molecule has 0 aliphatic rings. The van der Waals surface area contributed by atoms with Gasteiger partial charge < -0.3 is 10.4 Å². The van der Waals surface area contributed by atoms with E-state index in [9.17, 15) is 9.59 Å². The molecule has 0 saturated heterocycles. The molecule has 16 heavy (non-hydrogen) atoms. The van der Waals surface area contributed by atoms with E-state index in [0.717, 1.165) is 5.06 Å². The van der Waals surface area contributed by atoms with Crippen molar-refractivity contribution in [3.05, 3.63) is 0 Å². The minimum Gasteiger partial charge on any atom is -0.480 e. The van der Waals surface area contributed by atoms with E-state index in [1.807, 2.05) is 0 Å². The van der Waals surface area contributed by atoms with Gasteiger partial charge in [-0.2, -0.15) is 0 Å². The summed E-state index contributed by atoms with van der Waals surface area (Å²) in [6.07, 6.45) is 0.387. The molecular weight excluding hydrogens is 212 g/mol. The molecule has 6 heteroatoms. The van der Waals surface area contributed by atoms with Crippen LogP contribution in [-0.2, 0) is 14.4 Å². The maximum atomic E-state index is 11.1.